The summed E-state index contributed by atoms with van der Waals surface area (Å²) in [5, 5.41) is 2.68. The van der Waals surface area contributed by atoms with Crippen LogP contribution in [0.3, 0.4) is 0 Å². The first-order chi connectivity index (χ1) is 7.82. The van der Waals surface area contributed by atoms with Crippen molar-refractivity contribution in [3.05, 3.63) is 0 Å². The Balaban J connectivity index is 3.89. The van der Waals surface area contributed by atoms with Gasteiger partial charge < -0.3 is 10.1 Å². The van der Waals surface area contributed by atoms with Crippen molar-refractivity contribution in [1.29, 1.82) is 0 Å². The molecule has 0 aromatic carbocycles. The fraction of sp³-hybridized carbons (Fsp3) is 0.900. The van der Waals surface area contributed by atoms with Gasteiger partial charge in [-0.3, -0.25) is 4.79 Å². The van der Waals surface area contributed by atoms with Crippen LogP contribution < -0.4 is 5.32 Å². The lowest BCUT2D eigenvalue weighted by atomic mass is 10.3. The summed E-state index contributed by atoms with van der Waals surface area (Å²) in [6, 6.07) is 0. The molecule has 0 bridgehead atoms. The molecule has 0 saturated carbocycles. The van der Waals surface area contributed by atoms with E-state index in [-0.39, 0.29) is 5.91 Å². The fourth-order valence-corrected chi connectivity index (χ4v) is 2.21. The van der Waals surface area contributed by atoms with Crippen LogP contribution in [0.1, 0.15) is 20.3 Å². The van der Waals surface area contributed by atoms with Crippen LogP contribution >= 0.6 is 0 Å². The molecule has 0 aromatic heterocycles. The maximum absolute atomic E-state index is 11.3. The summed E-state index contributed by atoms with van der Waals surface area (Å²) in [4.78, 5) is 11.3. The molecule has 0 saturated heterocycles. The second-order valence-corrected chi connectivity index (χ2v) is 5.76. The van der Waals surface area contributed by atoms with Crippen LogP contribution in [0.15, 0.2) is 0 Å². The Bertz CT molecular complexity index is 329. The van der Waals surface area contributed by atoms with Crippen LogP contribution in [0.5, 0.6) is 0 Å². The summed E-state index contributed by atoms with van der Waals surface area (Å²) in [5.41, 5.74) is 0. The summed E-state index contributed by atoms with van der Waals surface area (Å²) in [5.74, 6) is -0.185. The summed E-state index contributed by atoms with van der Waals surface area (Å²) in [6.45, 7) is 4.74. The summed E-state index contributed by atoms with van der Waals surface area (Å²) in [7, 11) is -1.68. The van der Waals surface area contributed by atoms with Gasteiger partial charge in [0.1, 0.15) is 6.10 Å². The van der Waals surface area contributed by atoms with E-state index in [1.807, 2.05) is 0 Å². The van der Waals surface area contributed by atoms with Crippen molar-refractivity contribution in [3.63, 3.8) is 0 Å². The topological polar surface area (TPSA) is 75.7 Å². The second kappa shape index (κ2) is 7.62. The van der Waals surface area contributed by atoms with E-state index in [0.717, 1.165) is 0 Å². The summed E-state index contributed by atoms with van der Waals surface area (Å²) < 4.78 is 28.7. The molecule has 6 nitrogen and oxygen atoms in total. The van der Waals surface area contributed by atoms with Gasteiger partial charge in [0.15, 0.2) is 0 Å². The molecule has 1 unspecified atom stereocenters. The summed E-state index contributed by atoms with van der Waals surface area (Å²) in [6.07, 6.45) is 1.29. The number of hydrogen-bond donors (Lipinski definition) is 1. The Morgan fingerprint density at radius 3 is 2.47 bits per heavy atom. The van der Waals surface area contributed by atoms with Gasteiger partial charge in [-0.2, -0.15) is 0 Å². The van der Waals surface area contributed by atoms with Gasteiger partial charge in [0.05, 0.1) is 6.26 Å². The zero-order valence-electron chi connectivity index (χ0n) is 10.9. The van der Waals surface area contributed by atoms with Gasteiger partial charge in [0.2, 0.25) is 15.9 Å². The number of sulfonamides is 1. The van der Waals surface area contributed by atoms with E-state index in [0.29, 0.717) is 26.1 Å². The Morgan fingerprint density at radius 2 is 2.06 bits per heavy atom. The molecule has 7 heteroatoms. The molecule has 0 spiro atoms. The highest BCUT2D eigenvalue weighted by Crippen LogP contribution is 1.98. The van der Waals surface area contributed by atoms with Crippen molar-refractivity contribution in [2.75, 3.05) is 33.0 Å². The third-order valence-electron chi connectivity index (χ3n) is 2.43. The SMILES string of the molecule is CCN(CCCNC(=O)C(C)OC)S(C)(=O)=O. The number of hydrogen-bond acceptors (Lipinski definition) is 4. The molecule has 1 atom stereocenters. The molecule has 0 aliphatic carbocycles. The number of nitrogens with zero attached hydrogens (tertiary/aromatic N) is 1. The van der Waals surface area contributed by atoms with Gasteiger partial charge in [-0.1, -0.05) is 6.92 Å². The zero-order valence-corrected chi connectivity index (χ0v) is 11.7. The molecule has 0 fully saturated rings. The molecule has 1 amide bonds. The fourth-order valence-electron chi connectivity index (χ4n) is 1.28. The van der Waals surface area contributed by atoms with Gasteiger partial charge >= 0.3 is 0 Å². The van der Waals surface area contributed by atoms with Crippen molar-refractivity contribution < 1.29 is 17.9 Å². The maximum atomic E-state index is 11.3. The standard InChI is InChI=1S/C10H22N2O4S/c1-5-12(17(4,14)15)8-6-7-11-10(13)9(2)16-3/h9H,5-8H2,1-4H3,(H,11,13). The van der Waals surface area contributed by atoms with E-state index in [1.165, 1.54) is 17.7 Å². The van der Waals surface area contributed by atoms with E-state index in [2.05, 4.69) is 5.32 Å². The first-order valence-electron chi connectivity index (χ1n) is 5.58. The highest BCUT2D eigenvalue weighted by molar-refractivity contribution is 7.88. The van der Waals surface area contributed by atoms with Crippen molar-refractivity contribution in [2.24, 2.45) is 0 Å². The molecular weight excluding hydrogens is 244 g/mol. The average molecular weight is 266 g/mol. The van der Waals surface area contributed by atoms with Crippen molar-refractivity contribution in [3.8, 4) is 0 Å². The van der Waals surface area contributed by atoms with Crippen LogP contribution in [0, 0.1) is 0 Å². The first-order valence-corrected chi connectivity index (χ1v) is 7.43. The number of carbonyl (C=O) groups excluding carboxylic acids is 1. The zero-order chi connectivity index (χ0) is 13.5. The molecule has 0 aromatic rings. The smallest absolute Gasteiger partial charge is 0.248 e. The van der Waals surface area contributed by atoms with Gasteiger partial charge in [-0.25, -0.2) is 12.7 Å². The molecule has 102 valence electrons. The molecule has 0 radical (unpaired) electrons. The largest absolute Gasteiger partial charge is 0.372 e. The van der Waals surface area contributed by atoms with Crippen LogP contribution in [0.2, 0.25) is 0 Å². The quantitative estimate of drug-likeness (QED) is 0.618. The van der Waals surface area contributed by atoms with Gasteiger partial charge in [0.25, 0.3) is 0 Å². The number of ether oxygens (including phenoxy) is 1. The maximum Gasteiger partial charge on any atom is 0.248 e. The molecule has 0 rings (SSSR count). The Morgan fingerprint density at radius 1 is 1.47 bits per heavy atom. The minimum absolute atomic E-state index is 0.185. The number of nitrogens with one attached hydrogen (secondary N) is 1. The minimum Gasteiger partial charge on any atom is -0.372 e. The highest BCUT2D eigenvalue weighted by Gasteiger charge is 2.14. The second-order valence-electron chi connectivity index (χ2n) is 3.78. The molecule has 17 heavy (non-hydrogen) atoms. The van der Waals surface area contributed by atoms with E-state index in [4.69, 9.17) is 4.74 Å². The number of methoxy groups -OCH3 is 1. The van der Waals surface area contributed by atoms with Crippen LogP contribution in [-0.4, -0.2) is 57.7 Å². The van der Waals surface area contributed by atoms with E-state index in [9.17, 15) is 13.2 Å². The summed E-state index contributed by atoms with van der Waals surface area (Å²) >= 11 is 0. The van der Waals surface area contributed by atoms with E-state index < -0.39 is 16.1 Å². The Hall–Kier alpha value is -0.660. The third kappa shape index (κ3) is 6.60. The van der Waals surface area contributed by atoms with E-state index in [1.54, 1.807) is 13.8 Å². The van der Waals surface area contributed by atoms with Gasteiger partial charge in [0, 0.05) is 26.7 Å². The minimum atomic E-state index is -3.14. The first kappa shape index (κ1) is 16.3. The number of amides is 1. The number of rotatable bonds is 8. The normalized spacial score (nSPS) is 13.7. The molecule has 0 heterocycles. The van der Waals surface area contributed by atoms with Crippen LogP contribution in [-0.2, 0) is 19.6 Å². The van der Waals surface area contributed by atoms with Crippen molar-refractivity contribution >= 4 is 15.9 Å². The molecule has 0 aliphatic heterocycles. The van der Waals surface area contributed by atoms with Crippen molar-refractivity contribution in [2.45, 2.75) is 26.4 Å². The van der Waals surface area contributed by atoms with Crippen LogP contribution in [0.25, 0.3) is 0 Å². The van der Waals surface area contributed by atoms with Gasteiger partial charge in [-0.05, 0) is 13.3 Å². The monoisotopic (exact) mass is 266 g/mol. The van der Waals surface area contributed by atoms with Crippen molar-refractivity contribution in [1.82, 2.24) is 9.62 Å². The lowest BCUT2D eigenvalue weighted by Gasteiger charge is -2.18. The van der Waals surface area contributed by atoms with E-state index >= 15 is 0 Å². The highest BCUT2D eigenvalue weighted by atomic mass is 32.2. The lowest BCUT2D eigenvalue weighted by molar-refractivity contribution is -0.130. The number of carbonyl (C=O) groups is 1. The predicted molar refractivity (Wildman–Crippen MR) is 66.2 cm³/mol. The molecule has 0 aliphatic rings. The van der Waals surface area contributed by atoms with Gasteiger partial charge in [-0.15, -0.1) is 0 Å². The Kier molecular flexibility index (Phi) is 7.33. The van der Waals surface area contributed by atoms with Crippen LogP contribution in [0.4, 0.5) is 0 Å². The molecular formula is C10H22N2O4S. The Labute approximate surface area is 103 Å². The predicted octanol–water partition coefficient (Wildman–Crippen LogP) is -0.191. The molecule has 1 N–H and O–H groups in total. The third-order valence-corrected chi connectivity index (χ3v) is 3.81. The lowest BCUT2D eigenvalue weighted by Crippen LogP contribution is -2.37. The average Bonchev–Trinajstić information content (AvgIpc) is 2.25.